The summed E-state index contributed by atoms with van der Waals surface area (Å²) < 4.78 is 11.3. The van der Waals surface area contributed by atoms with Crippen molar-refractivity contribution in [1.82, 2.24) is 0 Å². The van der Waals surface area contributed by atoms with Crippen LogP contribution in [0.15, 0.2) is 0 Å². The Morgan fingerprint density at radius 1 is 0.458 bits per heavy atom. The van der Waals surface area contributed by atoms with Gasteiger partial charge in [-0.15, -0.1) is 0 Å². The summed E-state index contributed by atoms with van der Waals surface area (Å²) in [7, 11) is 0. The standard InChI is InChI=1S/C8H17.C6H13O.2C4H9.Sn/c1-3-5-7-8-6-4-2;1-2-3-4-5-6-7;2*1-3-4-2;/h1,3-8H2,2H3;2-6H2,1H3;2*1,3-4H2,2H3;/q;-1;;;+1. The summed E-state index contributed by atoms with van der Waals surface area (Å²) in [6.45, 7) is 10.4. The van der Waals surface area contributed by atoms with Crippen LogP contribution >= 0.6 is 0 Å². The van der Waals surface area contributed by atoms with Crippen LogP contribution in [0.4, 0.5) is 0 Å². The van der Waals surface area contributed by atoms with Gasteiger partial charge in [-0.3, -0.25) is 0 Å². The Morgan fingerprint density at radius 2 is 0.875 bits per heavy atom. The van der Waals surface area contributed by atoms with Crippen LogP contribution in [0.5, 0.6) is 0 Å². The van der Waals surface area contributed by atoms with Crippen molar-refractivity contribution in [2.75, 3.05) is 6.61 Å². The van der Waals surface area contributed by atoms with Crippen molar-refractivity contribution in [3.8, 4) is 0 Å². The molecule has 0 fully saturated rings. The molecule has 24 heavy (non-hydrogen) atoms. The number of hydrogen-bond acceptors (Lipinski definition) is 1. The van der Waals surface area contributed by atoms with Gasteiger partial charge in [0, 0.05) is 0 Å². The zero-order valence-corrected chi connectivity index (χ0v) is 20.5. The van der Waals surface area contributed by atoms with Crippen LogP contribution in [-0.2, 0) is 3.07 Å². The Kier molecular flexibility index (Phi) is 19.1. The first-order valence-electron chi connectivity index (χ1n) is 11.4. The van der Waals surface area contributed by atoms with E-state index in [1.54, 1.807) is 0 Å². The SMILES string of the molecule is CCCCCCC[CH2][Sn]([CH2]CCC)([CH2]CCC)[O]CCCCCC. The first-order valence-corrected chi connectivity index (χ1v) is 18.6. The Morgan fingerprint density at radius 3 is 1.42 bits per heavy atom. The van der Waals surface area contributed by atoms with Crippen LogP contribution < -0.4 is 0 Å². The maximum atomic E-state index is 6.82. The van der Waals surface area contributed by atoms with Gasteiger partial charge in [-0.25, -0.2) is 0 Å². The molecule has 0 saturated heterocycles. The molecule has 1 nitrogen and oxygen atoms in total. The molecule has 0 saturated carbocycles. The second kappa shape index (κ2) is 18.5. The average Bonchev–Trinajstić information content (AvgIpc) is 2.60. The van der Waals surface area contributed by atoms with Gasteiger partial charge in [-0.05, 0) is 0 Å². The Labute approximate surface area is 159 Å². The molecule has 0 aliphatic rings. The van der Waals surface area contributed by atoms with E-state index in [9.17, 15) is 0 Å². The summed E-state index contributed by atoms with van der Waals surface area (Å²) in [4.78, 5) is 0. The third kappa shape index (κ3) is 14.0. The fraction of sp³-hybridized carbons (Fsp3) is 1.00. The normalized spacial score (nSPS) is 12.0. The minimum absolute atomic E-state index is 1.08. The van der Waals surface area contributed by atoms with Crippen LogP contribution in [-0.4, -0.2) is 25.4 Å². The summed E-state index contributed by atoms with van der Waals surface area (Å²) in [6.07, 6.45) is 19.5. The molecule has 0 aromatic carbocycles. The molecule has 0 aliphatic carbocycles. The molecule has 0 atom stereocenters. The van der Waals surface area contributed by atoms with E-state index >= 15 is 0 Å². The monoisotopic (exact) mass is 448 g/mol. The molecule has 0 N–H and O–H groups in total. The van der Waals surface area contributed by atoms with Gasteiger partial charge < -0.3 is 0 Å². The van der Waals surface area contributed by atoms with E-state index in [-0.39, 0.29) is 0 Å². The molecule has 0 rings (SSSR count). The molecule has 2 heteroatoms. The van der Waals surface area contributed by atoms with Crippen LogP contribution in [0.1, 0.15) is 118 Å². The van der Waals surface area contributed by atoms with Gasteiger partial charge in [-0.2, -0.15) is 0 Å². The van der Waals surface area contributed by atoms with Crippen molar-refractivity contribution >= 4 is 18.8 Å². The Hall–Kier alpha value is 0.759. The average molecular weight is 447 g/mol. The molecular weight excluding hydrogens is 399 g/mol. The van der Waals surface area contributed by atoms with Crippen molar-refractivity contribution in [2.45, 2.75) is 131 Å². The van der Waals surface area contributed by atoms with Crippen LogP contribution in [0.3, 0.4) is 0 Å². The fourth-order valence-corrected chi connectivity index (χ4v) is 16.9. The third-order valence-corrected chi connectivity index (χ3v) is 18.5. The van der Waals surface area contributed by atoms with E-state index < -0.39 is 18.8 Å². The van der Waals surface area contributed by atoms with Gasteiger partial charge in [0.15, 0.2) is 0 Å². The summed E-state index contributed by atoms with van der Waals surface area (Å²) in [5, 5.41) is 0. The molecule has 0 aromatic rings. The number of unbranched alkanes of at least 4 members (excludes halogenated alkanes) is 10. The minimum atomic E-state index is -2.32. The Bertz CT molecular complexity index is 234. The van der Waals surface area contributed by atoms with E-state index in [1.165, 1.54) is 103 Å². The van der Waals surface area contributed by atoms with Crippen molar-refractivity contribution in [3.05, 3.63) is 0 Å². The predicted octanol–water partition coefficient (Wildman–Crippen LogP) is 8.49. The summed E-state index contributed by atoms with van der Waals surface area (Å²) in [5.74, 6) is 0. The van der Waals surface area contributed by atoms with E-state index in [2.05, 4.69) is 27.7 Å². The van der Waals surface area contributed by atoms with Gasteiger partial charge in [0.05, 0.1) is 0 Å². The molecular formula is C22H48OSn. The van der Waals surface area contributed by atoms with Crippen LogP contribution in [0.25, 0.3) is 0 Å². The molecule has 0 heterocycles. The number of rotatable bonds is 19. The zero-order valence-electron chi connectivity index (χ0n) is 17.6. The van der Waals surface area contributed by atoms with Gasteiger partial charge in [-0.1, -0.05) is 0 Å². The van der Waals surface area contributed by atoms with Crippen LogP contribution in [0, 0.1) is 0 Å². The third-order valence-electron chi connectivity index (χ3n) is 5.36. The molecule has 0 unspecified atom stereocenters. The molecule has 146 valence electrons. The number of hydrogen-bond donors (Lipinski definition) is 0. The molecule has 0 spiro atoms. The first kappa shape index (κ1) is 24.8. The van der Waals surface area contributed by atoms with E-state index in [1.807, 2.05) is 0 Å². The quantitative estimate of drug-likeness (QED) is 0.143. The maximum absolute atomic E-state index is 6.82. The summed E-state index contributed by atoms with van der Waals surface area (Å²) in [6, 6.07) is 0. The second-order valence-corrected chi connectivity index (χ2v) is 19.7. The van der Waals surface area contributed by atoms with E-state index in [0.717, 1.165) is 6.61 Å². The van der Waals surface area contributed by atoms with Crippen molar-refractivity contribution in [3.63, 3.8) is 0 Å². The molecule has 0 aliphatic heterocycles. The Balaban J connectivity index is 4.37. The fourth-order valence-electron chi connectivity index (χ4n) is 3.63. The van der Waals surface area contributed by atoms with E-state index in [0.29, 0.717) is 0 Å². The topological polar surface area (TPSA) is 9.23 Å². The first-order chi connectivity index (χ1) is 11.7. The van der Waals surface area contributed by atoms with Gasteiger partial charge in [0.2, 0.25) is 0 Å². The molecule has 0 amide bonds. The van der Waals surface area contributed by atoms with Crippen molar-refractivity contribution in [2.24, 2.45) is 0 Å². The van der Waals surface area contributed by atoms with Crippen LogP contribution in [0.2, 0.25) is 13.3 Å². The predicted molar refractivity (Wildman–Crippen MR) is 113 cm³/mol. The second-order valence-electron chi connectivity index (χ2n) is 7.82. The van der Waals surface area contributed by atoms with E-state index in [4.69, 9.17) is 3.07 Å². The van der Waals surface area contributed by atoms with Gasteiger partial charge in [0.1, 0.15) is 0 Å². The zero-order chi connectivity index (χ0) is 17.9. The summed E-state index contributed by atoms with van der Waals surface area (Å²) in [5.41, 5.74) is 0. The summed E-state index contributed by atoms with van der Waals surface area (Å²) >= 11 is -2.32. The van der Waals surface area contributed by atoms with Gasteiger partial charge >= 0.3 is 159 Å². The van der Waals surface area contributed by atoms with Crippen molar-refractivity contribution in [1.29, 1.82) is 0 Å². The molecule has 0 radical (unpaired) electrons. The van der Waals surface area contributed by atoms with Gasteiger partial charge in [0.25, 0.3) is 0 Å². The molecule has 0 aromatic heterocycles. The molecule has 0 bridgehead atoms. The van der Waals surface area contributed by atoms with Crippen molar-refractivity contribution < 1.29 is 3.07 Å².